The van der Waals surface area contributed by atoms with Crippen LogP contribution in [0.3, 0.4) is 0 Å². The first-order chi connectivity index (χ1) is 15.0. The van der Waals surface area contributed by atoms with Gasteiger partial charge in [-0.05, 0) is 30.3 Å². The Kier molecular flexibility index (Phi) is 8.05. The topological polar surface area (TPSA) is 117 Å². The number of nitrogens with zero attached hydrogens (tertiary/aromatic N) is 4. The van der Waals surface area contributed by atoms with Crippen LogP contribution in [0, 0.1) is 5.53 Å². The number of piperazine rings is 1. The SMILES string of the molecule is N=NC(=NN)Oc1cc(C=O)ccc1OCCN1CCN(c2cccc(Cl)c2Cl)CC1. The minimum absolute atomic E-state index is 0.213. The number of nitrogens with one attached hydrogen (secondary N) is 1. The van der Waals surface area contributed by atoms with Gasteiger partial charge in [0.05, 0.1) is 15.7 Å². The van der Waals surface area contributed by atoms with Crippen molar-refractivity contribution >= 4 is 41.2 Å². The van der Waals surface area contributed by atoms with Crippen molar-refractivity contribution in [3.8, 4) is 11.5 Å². The van der Waals surface area contributed by atoms with Crippen LogP contribution in [0.5, 0.6) is 11.5 Å². The minimum atomic E-state index is -0.344. The average molecular weight is 465 g/mol. The van der Waals surface area contributed by atoms with Crippen molar-refractivity contribution in [1.29, 1.82) is 5.53 Å². The quantitative estimate of drug-likeness (QED) is 0.161. The summed E-state index contributed by atoms with van der Waals surface area (Å²) in [5.74, 6) is 5.75. The van der Waals surface area contributed by atoms with Crippen molar-refractivity contribution in [2.45, 2.75) is 0 Å². The molecule has 0 amide bonds. The number of ether oxygens (including phenoxy) is 2. The summed E-state index contributed by atoms with van der Waals surface area (Å²) in [6, 6.07) is 10.0. The van der Waals surface area contributed by atoms with Crippen LogP contribution < -0.4 is 20.2 Å². The fourth-order valence-electron chi connectivity index (χ4n) is 3.21. The third kappa shape index (κ3) is 5.84. The van der Waals surface area contributed by atoms with Gasteiger partial charge in [-0.3, -0.25) is 9.69 Å². The highest BCUT2D eigenvalue weighted by atomic mass is 35.5. The number of hydrogen-bond acceptors (Lipinski definition) is 8. The molecule has 1 fully saturated rings. The number of aldehydes is 1. The fourth-order valence-corrected chi connectivity index (χ4v) is 3.62. The zero-order valence-electron chi connectivity index (χ0n) is 16.6. The lowest BCUT2D eigenvalue weighted by Gasteiger charge is -2.36. The molecule has 0 unspecified atom stereocenters. The van der Waals surface area contributed by atoms with Crippen molar-refractivity contribution < 1.29 is 14.3 Å². The van der Waals surface area contributed by atoms with E-state index in [0.717, 1.165) is 31.9 Å². The molecule has 2 aromatic carbocycles. The molecule has 1 heterocycles. The molecule has 11 heteroatoms. The molecule has 3 N–H and O–H groups in total. The Morgan fingerprint density at radius 1 is 1.16 bits per heavy atom. The highest BCUT2D eigenvalue weighted by Gasteiger charge is 2.20. The summed E-state index contributed by atoms with van der Waals surface area (Å²) in [7, 11) is 0. The molecule has 0 radical (unpaired) electrons. The zero-order chi connectivity index (χ0) is 22.2. The Morgan fingerprint density at radius 2 is 1.94 bits per heavy atom. The number of benzene rings is 2. The van der Waals surface area contributed by atoms with E-state index >= 15 is 0 Å². The maximum atomic E-state index is 11.0. The molecule has 0 aliphatic carbocycles. The highest BCUT2D eigenvalue weighted by Crippen LogP contribution is 2.33. The molecule has 1 aliphatic heterocycles. The summed E-state index contributed by atoms with van der Waals surface area (Å²) in [4.78, 5) is 15.5. The molecule has 31 heavy (non-hydrogen) atoms. The molecule has 2 aromatic rings. The van der Waals surface area contributed by atoms with Gasteiger partial charge in [0.1, 0.15) is 12.9 Å². The summed E-state index contributed by atoms with van der Waals surface area (Å²) >= 11 is 12.5. The number of anilines is 1. The monoisotopic (exact) mass is 464 g/mol. The van der Waals surface area contributed by atoms with Gasteiger partial charge in [-0.2, -0.15) is 5.53 Å². The lowest BCUT2D eigenvalue weighted by Crippen LogP contribution is -2.47. The van der Waals surface area contributed by atoms with Gasteiger partial charge in [-0.1, -0.05) is 34.4 Å². The molecule has 3 rings (SSSR count). The first-order valence-corrected chi connectivity index (χ1v) is 10.3. The normalized spacial score (nSPS) is 14.9. The molecule has 0 atom stereocenters. The van der Waals surface area contributed by atoms with Gasteiger partial charge < -0.3 is 20.2 Å². The summed E-state index contributed by atoms with van der Waals surface area (Å²) in [6.07, 6.45) is 0.680. The smallest absolute Gasteiger partial charge is 0.357 e. The molecule has 0 spiro atoms. The number of hydrogen-bond donors (Lipinski definition) is 2. The third-order valence-electron chi connectivity index (χ3n) is 4.82. The zero-order valence-corrected chi connectivity index (χ0v) is 18.1. The molecular formula is C20H22Cl2N6O3. The van der Waals surface area contributed by atoms with Crippen LogP contribution in [0.4, 0.5) is 5.69 Å². The number of carbonyl (C=O) groups is 1. The van der Waals surface area contributed by atoms with E-state index in [1.807, 2.05) is 12.1 Å². The lowest BCUT2D eigenvalue weighted by atomic mass is 10.2. The van der Waals surface area contributed by atoms with Crippen LogP contribution in [0.25, 0.3) is 0 Å². The number of rotatable bonds is 7. The van der Waals surface area contributed by atoms with Crippen LogP contribution in [0.15, 0.2) is 46.6 Å². The summed E-state index contributed by atoms with van der Waals surface area (Å²) < 4.78 is 11.2. The van der Waals surface area contributed by atoms with Gasteiger partial charge in [0.2, 0.25) is 0 Å². The Morgan fingerprint density at radius 3 is 2.61 bits per heavy atom. The van der Waals surface area contributed by atoms with Gasteiger partial charge in [0.25, 0.3) is 0 Å². The van der Waals surface area contributed by atoms with E-state index < -0.39 is 0 Å². The second-order valence-electron chi connectivity index (χ2n) is 6.70. The summed E-state index contributed by atoms with van der Waals surface area (Å²) in [5, 5.41) is 7.46. The lowest BCUT2D eigenvalue weighted by molar-refractivity contribution is 0.112. The summed E-state index contributed by atoms with van der Waals surface area (Å²) in [5.41, 5.74) is 8.34. The number of hydrazone groups is 1. The number of carbonyl (C=O) groups excluding carboxylic acids is 1. The van der Waals surface area contributed by atoms with Crippen molar-refractivity contribution in [2.75, 3.05) is 44.2 Å². The summed E-state index contributed by atoms with van der Waals surface area (Å²) in [6.45, 7) is 4.45. The van der Waals surface area contributed by atoms with E-state index in [1.54, 1.807) is 18.2 Å². The van der Waals surface area contributed by atoms with Crippen molar-refractivity contribution in [1.82, 2.24) is 4.90 Å². The van der Waals surface area contributed by atoms with E-state index in [0.29, 0.717) is 40.8 Å². The van der Waals surface area contributed by atoms with E-state index in [9.17, 15) is 4.79 Å². The predicted octanol–water partition coefficient (Wildman–Crippen LogP) is 3.65. The van der Waals surface area contributed by atoms with E-state index in [1.165, 1.54) is 6.07 Å². The van der Waals surface area contributed by atoms with Crippen molar-refractivity contribution in [2.24, 2.45) is 16.1 Å². The fraction of sp³-hybridized carbons (Fsp3) is 0.300. The highest BCUT2D eigenvalue weighted by molar-refractivity contribution is 6.43. The molecule has 1 aliphatic rings. The first-order valence-electron chi connectivity index (χ1n) is 9.52. The number of amidine groups is 1. The van der Waals surface area contributed by atoms with Gasteiger partial charge in [-0.15, -0.1) is 5.10 Å². The van der Waals surface area contributed by atoms with E-state index in [2.05, 4.69) is 20.0 Å². The largest absolute Gasteiger partial charge is 0.488 e. The second-order valence-corrected chi connectivity index (χ2v) is 7.48. The van der Waals surface area contributed by atoms with Gasteiger partial charge in [0.15, 0.2) is 11.5 Å². The molecule has 164 valence electrons. The number of halogens is 2. The minimum Gasteiger partial charge on any atom is -0.488 e. The van der Waals surface area contributed by atoms with Gasteiger partial charge in [-0.25, -0.2) is 0 Å². The Labute approximate surface area is 189 Å². The van der Waals surface area contributed by atoms with Crippen LogP contribution in [0.2, 0.25) is 10.0 Å². The molecule has 9 nitrogen and oxygen atoms in total. The second kappa shape index (κ2) is 10.9. The Hall–Kier alpha value is -2.88. The van der Waals surface area contributed by atoms with E-state index in [4.69, 9.17) is 44.0 Å². The van der Waals surface area contributed by atoms with Crippen LogP contribution in [0.1, 0.15) is 10.4 Å². The molecule has 0 aromatic heterocycles. The number of nitrogens with two attached hydrogens (primary N) is 1. The van der Waals surface area contributed by atoms with Gasteiger partial charge in [0, 0.05) is 38.3 Å². The standard InChI is InChI=1S/C20H22Cl2N6O3/c21-15-2-1-3-16(19(15)22)28-8-6-27(7-9-28)10-11-30-17-5-4-14(13-29)12-18(17)31-20(25-23)26-24/h1-5,12-13,23H,6-11,24H2. The van der Waals surface area contributed by atoms with Crippen LogP contribution >= 0.6 is 23.2 Å². The van der Waals surface area contributed by atoms with Crippen molar-refractivity contribution in [3.63, 3.8) is 0 Å². The maximum absolute atomic E-state index is 11.0. The molecular weight excluding hydrogens is 443 g/mol. The average Bonchev–Trinajstić information content (AvgIpc) is 2.80. The Bertz CT molecular complexity index is 964. The first kappa shape index (κ1) is 22.8. The van der Waals surface area contributed by atoms with E-state index in [-0.39, 0.29) is 11.8 Å². The molecule has 0 bridgehead atoms. The third-order valence-corrected chi connectivity index (χ3v) is 5.63. The van der Waals surface area contributed by atoms with Crippen LogP contribution in [-0.4, -0.2) is 56.5 Å². The van der Waals surface area contributed by atoms with Crippen molar-refractivity contribution in [3.05, 3.63) is 52.0 Å². The maximum Gasteiger partial charge on any atom is 0.357 e. The Balaban J connectivity index is 1.54. The van der Waals surface area contributed by atoms with Gasteiger partial charge >= 0.3 is 6.02 Å². The predicted molar refractivity (Wildman–Crippen MR) is 120 cm³/mol. The molecule has 0 saturated carbocycles. The molecule has 1 saturated heterocycles. The van der Waals surface area contributed by atoms with Crippen LogP contribution in [-0.2, 0) is 0 Å².